The molecule has 0 unspecified atom stereocenters. The molecule has 0 amide bonds. The minimum atomic E-state index is 0.601. The predicted molar refractivity (Wildman–Crippen MR) is 73.1 cm³/mol. The summed E-state index contributed by atoms with van der Waals surface area (Å²) in [6.45, 7) is 7.82. The molecule has 0 N–H and O–H groups in total. The van der Waals surface area contributed by atoms with Crippen LogP contribution in [0.15, 0.2) is 24.5 Å². The van der Waals surface area contributed by atoms with E-state index in [1.807, 2.05) is 12.3 Å². The van der Waals surface area contributed by atoms with Gasteiger partial charge in [0.25, 0.3) is 0 Å². The van der Waals surface area contributed by atoms with E-state index in [4.69, 9.17) is 11.6 Å². The van der Waals surface area contributed by atoms with E-state index in [0.29, 0.717) is 10.9 Å². The van der Waals surface area contributed by atoms with Crippen LogP contribution in [0, 0.1) is 5.92 Å². The maximum absolute atomic E-state index is 5.99. The highest BCUT2D eigenvalue weighted by Gasteiger charge is 2.17. The Kier molecular flexibility index (Phi) is 4.19. The largest absolute Gasteiger partial charge is 0.299 e. The zero-order chi connectivity index (χ0) is 12.3. The number of hydrogen-bond donors (Lipinski definition) is 0. The van der Waals surface area contributed by atoms with Crippen molar-refractivity contribution in [3.05, 3.63) is 35.1 Å². The molecule has 2 rings (SSSR count). The Balaban J connectivity index is 2.20. The second-order valence-electron chi connectivity index (χ2n) is 4.80. The van der Waals surface area contributed by atoms with Crippen LogP contribution in [0.5, 0.6) is 0 Å². The Morgan fingerprint density at radius 1 is 1.47 bits per heavy atom. The Morgan fingerprint density at radius 3 is 3.00 bits per heavy atom. The average molecular weight is 251 g/mol. The number of halogens is 1. The van der Waals surface area contributed by atoms with Gasteiger partial charge < -0.3 is 0 Å². The first-order valence-electron chi connectivity index (χ1n) is 6.23. The Morgan fingerprint density at radius 2 is 2.29 bits per heavy atom. The van der Waals surface area contributed by atoms with E-state index in [1.54, 1.807) is 6.20 Å². The first-order chi connectivity index (χ1) is 8.19. The molecule has 2 heterocycles. The molecule has 0 spiro atoms. The summed E-state index contributed by atoms with van der Waals surface area (Å²) in [6, 6.07) is 2.00. The van der Waals surface area contributed by atoms with Crippen LogP contribution < -0.4 is 0 Å². The van der Waals surface area contributed by atoms with Crippen molar-refractivity contribution >= 4 is 17.2 Å². The normalized spacial score (nSPS) is 21.4. The van der Waals surface area contributed by atoms with Crippen LogP contribution in [0.25, 0.3) is 5.57 Å². The predicted octanol–water partition coefficient (Wildman–Crippen LogP) is 3.48. The molecule has 17 heavy (non-hydrogen) atoms. The molecule has 0 bridgehead atoms. The van der Waals surface area contributed by atoms with Gasteiger partial charge >= 0.3 is 0 Å². The smallest absolute Gasteiger partial charge is 0.0595 e. The topological polar surface area (TPSA) is 16.1 Å². The summed E-state index contributed by atoms with van der Waals surface area (Å²) in [4.78, 5) is 6.67. The minimum Gasteiger partial charge on any atom is -0.299 e. The maximum atomic E-state index is 5.99. The molecule has 92 valence electrons. The van der Waals surface area contributed by atoms with Gasteiger partial charge in [0.05, 0.1) is 5.02 Å². The summed E-state index contributed by atoms with van der Waals surface area (Å²) in [5.74, 6) is 0.601. The van der Waals surface area contributed by atoms with Gasteiger partial charge in [0.15, 0.2) is 0 Å². The molecular formula is C14H19ClN2. The number of hydrogen-bond acceptors (Lipinski definition) is 2. The van der Waals surface area contributed by atoms with Gasteiger partial charge in [-0.1, -0.05) is 31.5 Å². The molecule has 0 fully saturated rings. The SMILES string of the molecule is CCCN1CC(c2cncc(Cl)c2)=C[C@@H](C)C1. The van der Waals surface area contributed by atoms with Gasteiger partial charge in [0, 0.05) is 25.5 Å². The van der Waals surface area contributed by atoms with E-state index in [0.717, 1.165) is 25.2 Å². The highest BCUT2D eigenvalue weighted by Crippen LogP contribution is 2.24. The zero-order valence-corrected chi connectivity index (χ0v) is 11.2. The molecule has 0 saturated heterocycles. The molecule has 1 aromatic heterocycles. The van der Waals surface area contributed by atoms with Crippen molar-refractivity contribution in [2.45, 2.75) is 20.3 Å². The quantitative estimate of drug-likeness (QED) is 0.817. The fraction of sp³-hybridized carbons (Fsp3) is 0.500. The van der Waals surface area contributed by atoms with Crippen molar-refractivity contribution in [3.8, 4) is 0 Å². The molecular weight excluding hydrogens is 232 g/mol. The van der Waals surface area contributed by atoms with Crippen molar-refractivity contribution in [3.63, 3.8) is 0 Å². The molecule has 1 aliphatic rings. The van der Waals surface area contributed by atoms with Crippen molar-refractivity contribution in [2.75, 3.05) is 19.6 Å². The fourth-order valence-corrected chi connectivity index (χ4v) is 2.60. The van der Waals surface area contributed by atoms with Crippen LogP contribution in [-0.4, -0.2) is 29.5 Å². The lowest BCUT2D eigenvalue weighted by Gasteiger charge is -2.30. The van der Waals surface area contributed by atoms with E-state index in [-0.39, 0.29) is 0 Å². The first-order valence-corrected chi connectivity index (χ1v) is 6.60. The lowest BCUT2D eigenvalue weighted by atomic mass is 9.97. The van der Waals surface area contributed by atoms with Crippen LogP contribution in [0.3, 0.4) is 0 Å². The molecule has 1 aliphatic heterocycles. The fourth-order valence-electron chi connectivity index (χ4n) is 2.42. The van der Waals surface area contributed by atoms with Crippen LogP contribution >= 0.6 is 11.6 Å². The van der Waals surface area contributed by atoms with Gasteiger partial charge in [-0.25, -0.2) is 0 Å². The lowest BCUT2D eigenvalue weighted by Crippen LogP contribution is -2.34. The number of aromatic nitrogens is 1. The summed E-state index contributed by atoms with van der Waals surface area (Å²) < 4.78 is 0. The summed E-state index contributed by atoms with van der Waals surface area (Å²) in [7, 11) is 0. The maximum Gasteiger partial charge on any atom is 0.0595 e. The average Bonchev–Trinajstić information content (AvgIpc) is 2.28. The van der Waals surface area contributed by atoms with Gasteiger partial charge in [0.1, 0.15) is 0 Å². The van der Waals surface area contributed by atoms with Crippen LogP contribution in [0.2, 0.25) is 5.02 Å². The van der Waals surface area contributed by atoms with Gasteiger partial charge in [-0.15, -0.1) is 0 Å². The molecule has 2 nitrogen and oxygen atoms in total. The second-order valence-corrected chi connectivity index (χ2v) is 5.23. The third kappa shape index (κ3) is 3.30. The van der Waals surface area contributed by atoms with Crippen molar-refractivity contribution in [1.29, 1.82) is 0 Å². The lowest BCUT2D eigenvalue weighted by molar-refractivity contribution is 0.273. The van der Waals surface area contributed by atoms with E-state index >= 15 is 0 Å². The summed E-state index contributed by atoms with van der Waals surface area (Å²) in [6.07, 6.45) is 7.13. The molecule has 0 aromatic carbocycles. The van der Waals surface area contributed by atoms with E-state index < -0.39 is 0 Å². The Labute approximate surface area is 108 Å². The summed E-state index contributed by atoms with van der Waals surface area (Å²) in [5.41, 5.74) is 2.51. The van der Waals surface area contributed by atoms with Crippen LogP contribution in [-0.2, 0) is 0 Å². The van der Waals surface area contributed by atoms with Crippen molar-refractivity contribution in [2.24, 2.45) is 5.92 Å². The van der Waals surface area contributed by atoms with Crippen LogP contribution in [0.4, 0.5) is 0 Å². The van der Waals surface area contributed by atoms with Gasteiger partial charge in [-0.05, 0) is 36.1 Å². The molecule has 1 atom stereocenters. The van der Waals surface area contributed by atoms with Crippen LogP contribution in [0.1, 0.15) is 25.8 Å². The van der Waals surface area contributed by atoms with Gasteiger partial charge in [0.2, 0.25) is 0 Å². The molecule has 3 heteroatoms. The Hall–Kier alpha value is -0.860. The Bertz CT molecular complexity index is 414. The third-order valence-corrected chi connectivity index (χ3v) is 3.25. The summed E-state index contributed by atoms with van der Waals surface area (Å²) >= 11 is 5.99. The second kappa shape index (κ2) is 5.65. The molecule has 0 aliphatic carbocycles. The van der Waals surface area contributed by atoms with Crippen molar-refractivity contribution in [1.82, 2.24) is 9.88 Å². The standard InChI is InChI=1S/C14H19ClN2/c1-3-4-17-9-11(2)5-13(10-17)12-6-14(15)8-16-7-12/h5-8,11H,3-4,9-10H2,1-2H3/t11-/m1/s1. The zero-order valence-electron chi connectivity index (χ0n) is 10.5. The number of nitrogens with zero attached hydrogens (tertiary/aromatic N) is 2. The molecule has 0 radical (unpaired) electrons. The van der Waals surface area contributed by atoms with Gasteiger partial charge in [-0.2, -0.15) is 0 Å². The van der Waals surface area contributed by atoms with E-state index in [1.165, 1.54) is 12.0 Å². The third-order valence-electron chi connectivity index (χ3n) is 3.04. The van der Waals surface area contributed by atoms with Gasteiger partial charge in [-0.3, -0.25) is 9.88 Å². The van der Waals surface area contributed by atoms with E-state index in [9.17, 15) is 0 Å². The monoisotopic (exact) mass is 250 g/mol. The number of pyridine rings is 1. The summed E-state index contributed by atoms with van der Waals surface area (Å²) in [5, 5.41) is 0.712. The minimum absolute atomic E-state index is 0.601. The number of rotatable bonds is 3. The van der Waals surface area contributed by atoms with Crippen molar-refractivity contribution < 1.29 is 0 Å². The highest BCUT2D eigenvalue weighted by molar-refractivity contribution is 6.30. The highest BCUT2D eigenvalue weighted by atomic mass is 35.5. The molecule has 0 saturated carbocycles. The van der Waals surface area contributed by atoms with E-state index in [2.05, 4.69) is 29.8 Å². The molecule has 1 aromatic rings. The first kappa shape index (κ1) is 12.6.